The molecule has 1 amide bonds. The van der Waals surface area contributed by atoms with Gasteiger partial charge >= 0.3 is 0 Å². The van der Waals surface area contributed by atoms with Crippen molar-refractivity contribution in [3.63, 3.8) is 0 Å². The van der Waals surface area contributed by atoms with Gasteiger partial charge in [0.25, 0.3) is 0 Å². The van der Waals surface area contributed by atoms with Crippen LogP contribution in [0.2, 0.25) is 0 Å². The first-order chi connectivity index (χ1) is 9.93. The van der Waals surface area contributed by atoms with Gasteiger partial charge in [-0.2, -0.15) is 0 Å². The summed E-state index contributed by atoms with van der Waals surface area (Å²) in [6.07, 6.45) is 0. The van der Waals surface area contributed by atoms with Crippen molar-refractivity contribution in [1.82, 2.24) is 10.2 Å². The molecule has 0 aromatic heterocycles. The lowest BCUT2D eigenvalue weighted by Crippen LogP contribution is -2.38. The smallest absolute Gasteiger partial charge is 0.234 e. The maximum atomic E-state index is 12.2. The molecule has 0 aliphatic rings. The number of likely N-dealkylation sites (N-methyl/N-ethyl adjacent to an activating group) is 1. The van der Waals surface area contributed by atoms with Crippen LogP contribution in [-0.4, -0.2) is 50.4 Å². The van der Waals surface area contributed by atoms with Crippen molar-refractivity contribution in [2.75, 3.05) is 33.8 Å². The average molecular weight is 292 g/mol. The van der Waals surface area contributed by atoms with E-state index in [1.165, 1.54) is 7.11 Å². The normalized spacial score (nSPS) is 10.8. The molecule has 1 aromatic carbocycles. The van der Waals surface area contributed by atoms with E-state index in [1.807, 2.05) is 19.9 Å². The van der Waals surface area contributed by atoms with Crippen LogP contribution >= 0.6 is 0 Å². The highest BCUT2D eigenvalue weighted by Crippen LogP contribution is 2.17. The molecule has 0 spiro atoms. The lowest BCUT2D eigenvalue weighted by Gasteiger charge is -2.17. The molecule has 0 heterocycles. The topological polar surface area (TPSA) is 58.6 Å². The van der Waals surface area contributed by atoms with Gasteiger partial charge in [-0.1, -0.05) is 26.0 Å². The van der Waals surface area contributed by atoms with Crippen molar-refractivity contribution in [3.8, 4) is 5.75 Å². The van der Waals surface area contributed by atoms with Gasteiger partial charge in [-0.25, -0.2) is 0 Å². The summed E-state index contributed by atoms with van der Waals surface area (Å²) in [4.78, 5) is 25.6. The Balaban J connectivity index is 2.52. The van der Waals surface area contributed by atoms with E-state index in [1.54, 1.807) is 30.1 Å². The molecule has 1 N–H and O–H groups in total. The second kappa shape index (κ2) is 8.42. The van der Waals surface area contributed by atoms with Gasteiger partial charge in [0.1, 0.15) is 5.75 Å². The Morgan fingerprint density at radius 1 is 1.24 bits per heavy atom. The number of carbonyl (C=O) groups excluding carboxylic acids is 2. The number of rotatable bonds is 8. The summed E-state index contributed by atoms with van der Waals surface area (Å²) in [6.45, 7) is 5.10. The molecule has 1 rings (SSSR count). The van der Waals surface area contributed by atoms with Crippen molar-refractivity contribution < 1.29 is 14.3 Å². The highest BCUT2D eigenvalue weighted by Gasteiger charge is 2.15. The third kappa shape index (κ3) is 5.95. The minimum atomic E-state index is -0.0703. The van der Waals surface area contributed by atoms with E-state index in [0.717, 1.165) is 0 Å². The van der Waals surface area contributed by atoms with Crippen LogP contribution in [0.15, 0.2) is 24.3 Å². The predicted octanol–water partition coefficient (Wildman–Crippen LogP) is 1.58. The fraction of sp³-hybridized carbons (Fsp3) is 0.500. The molecule has 5 heteroatoms. The number of Topliss-reactive ketones (excluding diaryl/α,β-unsaturated/α-hetero) is 1. The fourth-order valence-electron chi connectivity index (χ4n) is 1.88. The van der Waals surface area contributed by atoms with E-state index in [2.05, 4.69) is 5.32 Å². The number of nitrogens with one attached hydrogen (secondary N) is 1. The number of methoxy groups -OCH3 is 1. The van der Waals surface area contributed by atoms with Crippen molar-refractivity contribution in [2.24, 2.45) is 5.92 Å². The predicted molar refractivity (Wildman–Crippen MR) is 82.7 cm³/mol. The highest BCUT2D eigenvalue weighted by molar-refractivity contribution is 6.00. The van der Waals surface area contributed by atoms with Gasteiger partial charge in [0.2, 0.25) is 5.91 Å². The van der Waals surface area contributed by atoms with E-state index in [4.69, 9.17) is 4.74 Å². The van der Waals surface area contributed by atoms with Gasteiger partial charge in [-0.3, -0.25) is 14.5 Å². The largest absolute Gasteiger partial charge is 0.496 e. The number of hydrogen-bond acceptors (Lipinski definition) is 4. The SMILES string of the molecule is COc1ccccc1C(=O)CN(C)CC(=O)NCC(C)C. The van der Waals surface area contributed by atoms with Crippen LogP contribution in [0.5, 0.6) is 5.75 Å². The van der Waals surface area contributed by atoms with E-state index in [-0.39, 0.29) is 24.8 Å². The van der Waals surface area contributed by atoms with Gasteiger partial charge < -0.3 is 10.1 Å². The lowest BCUT2D eigenvalue weighted by molar-refractivity contribution is -0.121. The highest BCUT2D eigenvalue weighted by atomic mass is 16.5. The maximum Gasteiger partial charge on any atom is 0.234 e. The summed E-state index contributed by atoms with van der Waals surface area (Å²) in [5.74, 6) is 0.834. The molecular weight excluding hydrogens is 268 g/mol. The maximum absolute atomic E-state index is 12.2. The van der Waals surface area contributed by atoms with E-state index >= 15 is 0 Å². The molecule has 0 saturated carbocycles. The molecule has 0 atom stereocenters. The summed E-state index contributed by atoms with van der Waals surface area (Å²) in [5, 5.41) is 2.83. The standard InChI is InChI=1S/C16H24N2O3/c1-12(2)9-17-16(20)11-18(3)10-14(19)13-7-5-6-8-15(13)21-4/h5-8,12H,9-11H2,1-4H3,(H,17,20). The Bertz CT molecular complexity index is 486. The van der Waals surface area contributed by atoms with Crippen molar-refractivity contribution in [3.05, 3.63) is 29.8 Å². The van der Waals surface area contributed by atoms with Crippen LogP contribution in [-0.2, 0) is 4.79 Å². The molecule has 21 heavy (non-hydrogen) atoms. The number of hydrogen-bond donors (Lipinski definition) is 1. The van der Waals surface area contributed by atoms with E-state index < -0.39 is 0 Å². The monoisotopic (exact) mass is 292 g/mol. The molecule has 116 valence electrons. The summed E-state index contributed by atoms with van der Waals surface area (Å²) in [5.41, 5.74) is 0.537. The van der Waals surface area contributed by atoms with Crippen molar-refractivity contribution >= 4 is 11.7 Å². The van der Waals surface area contributed by atoms with Crippen molar-refractivity contribution in [1.29, 1.82) is 0 Å². The number of ether oxygens (including phenoxy) is 1. The van der Waals surface area contributed by atoms with Crippen LogP contribution in [0, 0.1) is 5.92 Å². The third-order valence-electron chi connectivity index (χ3n) is 2.94. The zero-order chi connectivity index (χ0) is 15.8. The second-order valence-electron chi connectivity index (χ2n) is 5.49. The number of carbonyl (C=O) groups is 2. The Morgan fingerprint density at radius 3 is 2.52 bits per heavy atom. The Hall–Kier alpha value is -1.88. The minimum absolute atomic E-state index is 0.0633. The first kappa shape index (κ1) is 17.2. The molecule has 0 saturated heterocycles. The van der Waals surface area contributed by atoms with E-state index in [0.29, 0.717) is 23.8 Å². The van der Waals surface area contributed by atoms with Crippen LogP contribution < -0.4 is 10.1 Å². The number of benzene rings is 1. The first-order valence-electron chi connectivity index (χ1n) is 7.05. The van der Waals surface area contributed by atoms with Gasteiger partial charge in [0.05, 0.1) is 25.8 Å². The lowest BCUT2D eigenvalue weighted by atomic mass is 10.1. The summed E-state index contributed by atoms with van der Waals surface area (Å²) < 4.78 is 5.18. The molecule has 0 fully saturated rings. The summed E-state index contributed by atoms with van der Waals surface area (Å²) in [6, 6.07) is 7.10. The van der Waals surface area contributed by atoms with Crippen molar-refractivity contribution in [2.45, 2.75) is 13.8 Å². The molecule has 0 bridgehead atoms. The molecule has 0 aliphatic carbocycles. The minimum Gasteiger partial charge on any atom is -0.496 e. The Labute approximate surface area is 126 Å². The number of para-hydroxylation sites is 1. The van der Waals surface area contributed by atoms with Crippen LogP contribution in [0.25, 0.3) is 0 Å². The first-order valence-corrected chi connectivity index (χ1v) is 7.05. The zero-order valence-corrected chi connectivity index (χ0v) is 13.2. The van der Waals surface area contributed by atoms with Gasteiger partial charge in [-0.15, -0.1) is 0 Å². The molecule has 1 aromatic rings. The second-order valence-corrected chi connectivity index (χ2v) is 5.49. The molecular formula is C16H24N2O3. The van der Waals surface area contributed by atoms with Gasteiger partial charge in [0, 0.05) is 6.54 Å². The summed E-state index contributed by atoms with van der Waals surface area (Å²) in [7, 11) is 3.29. The molecule has 0 unspecified atom stereocenters. The molecule has 0 radical (unpaired) electrons. The van der Waals surface area contributed by atoms with Gasteiger partial charge in [-0.05, 0) is 25.1 Å². The quantitative estimate of drug-likeness (QED) is 0.739. The molecule has 5 nitrogen and oxygen atoms in total. The number of ketones is 1. The fourth-order valence-corrected chi connectivity index (χ4v) is 1.88. The zero-order valence-electron chi connectivity index (χ0n) is 13.2. The van der Waals surface area contributed by atoms with Crippen LogP contribution in [0.4, 0.5) is 0 Å². The number of nitrogens with zero attached hydrogens (tertiary/aromatic N) is 1. The number of amides is 1. The average Bonchev–Trinajstić information content (AvgIpc) is 2.44. The van der Waals surface area contributed by atoms with Crippen LogP contribution in [0.1, 0.15) is 24.2 Å². The summed E-state index contributed by atoms with van der Waals surface area (Å²) >= 11 is 0. The van der Waals surface area contributed by atoms with Crippen LogP contribution in [0.3, 0.4) is 0 Å². The van der Waals surface area contributed by atoms with E-state index in [9.17, 15) is 9.59 Å². The Morgan fingerprint density at radius 2 is 1.90 bits per heavy atom. The third-order valence-corrected chi connectivity index (χ3v) is 2.94. The Kier molecular flexibility index (Phi) is 6.88. The van der Waals surface area contributed by atoms with Gasteiger partial charge in [0.15, 0.2) is 5.78 Å². The molecule has 0 aliphatic heterocycles.